The van der Waals surface area contributed by atoms with Crippen molar-refractivity contribution in [3.05, 3.63) is 89.5 Å². The predicted octanol–water partition coefficient (Wildman–Crippen LogP) is 5.51. The van der Waals surface area contributed by atoms with Gasteiger partial charge >= 0.3 is 12.1 Å². The number of hydrogen-bond donors (Lipinski definition) is 2. The summed E-state index contributed by atoms with van der Waals surface area (Å²) in [4.78, 5) is 23.9. The lowest BCUT2D eigenvalue weighted by molar-refractivity contribution is 0.0526. The Hall–Kier alpha value is -3.80. The predicted molar refractivity (Wildman–Crippen MR) is 119 cm³/mol. The molecule has 6 heteroatoms. The van der Waals surface area contributed by atoms with Crippen LogP contribution in [-0.2, 0) is 10.2 Å². The van der Waals surface area contributed by atoms with E-state index in [-0.39, 0.29) is 11.2 Å². The van der Waals surface area contributed by atoms with Crippen molar-refractivity contribution in [1.29, 1.82) is 0 Å². The molecule has 31 heavy (non-hydrogen) atoms. The summed E-state index contributed by atoms with van der Waals surface area (Å²) in [5, 5.41) is 12.2. The van der Waals surface area contributed by atoms with E-state index in [1.54, 1.807) is 31.2 Å². The minimum atomic E-state index is -0.630. The monoisotopic (exact) mass is 419 g/mol. The van der Waals surface area contributed by atoms with Gasteiger partial charge in [0.25, 0.3) is 0 Å². The average molecular weight is 419 g/mol. The topological polar surface area (TPSA) is 84.9 Å². The standard InChI is InChI=1S/C25H25NO5/c1-4-30-23(28)17-5-15-22(16-6-17)31-24(29)26-20-11-7-18(8-12-20)25(2,3)19-9-13-21(27)14-10-19/h5-16,27H,4H2,1-3H3,(H,26,29). The molecule has 3 aromatic rings. The van der Waals surface area contributed by atoms with Crippen molar-refractivity contribution in [2.75, 3.05) is 11.9 Å². The summed E-state index contributed by atoms with van der Waals surface area (Å²) in [6, 6.07) is 20.8. The average Bonchev–Trinajstić information content (AvgIpc) is 2.75. The molecule has 0 fully saturated rings. The van der Waals surface area contributed by atoms with Crippen LogP contribution in [0.3, 0.4) is 0 Å². The van der Waals surface area contributed by atoms with Crippen LogP contribution in [0.5, 0.6) is 11.5 Å². The minimum Gasteiger partial charge on any atom is -0.508 e. The number of carbonyl (C=O) groups excluding carboxylic acids is 2. The molecule has 160 valence electrons. The van der Waals surface area contributed by atoms with Gasteiger partial charge in [-0.1, -0.05) is 38.1 Å². The first-order chi connectivity index (χ1) is 14.8. The fraction of sp³-hybridized carbons (Fsp3) is 0.200. The molecule has 0 saturated heterocycles. The SMILES string of the molecule is CCOC(=O)c1ccc(OC(=O)Nc2ccc(C(C)(C)c3ccc(O)cc3)cc2)cc1. The molecule has 0 aliphatic rings. The number of anilines is 1. The van der Waals surface area contributed by atoms with Crippen molar-refractivity contribution in [1.82, 2.24) is 0 Å². The first-order valence-corrected chi connectivity index (χ1v) is 9.95. The highest BCUT2D eigenvalue weighted by atomic mass is 16.6. The molecule has 6 nitrogen and oxygen atoms in total. The molecule has 0 spiro atoms. The maximum absolute atomic E-state index is 12.2. The minimum absolute atomic E-state index is 0.230. The molecule has 3 rings (SSSR count). The maximum Gasteiger partial charge on any atom is 0.417 e. The van der Waals surface area contributed by atoms with Gasteiger partial charge in [-0.3, -0.25) is 5.32 Å². The van der Waals surface area contributed by atoms with Gasteiger partial charge in [0.15, 0.2) is 0 Å². The summed E-state index contributed by atoms with van der Waals surface area (Å²) in [7, 11) is 0. The molecule has 0 unspecified atom stereocenters. The van der Waals surface area contributed by atoms with Gasteiger partial charge < -0.3 is 14.6 Å². The zero-order valence-corrected chi connectivity index (χ0v) is 17.7. The van der Waals surface area contributed by atoms with Gasteiger partial charge in [0.05, 0.1) is 12.2 Å². The maximum atomic E-state index is 12.2. The Morgan fingerprint density at radius 3 is 1.97 bits per heavy atom. The first-order valence-electron chi connectivity index (χ1n) is 9.95. The Labute approximate surface area is 181 Å². The van der Waals surface area contributed by atoms with Crippen molar-refractivity contribution < 1.29 is 24.2 Å². The van der Waals surface area contributed by atoms with Crippen LogP contribution in [0.2, 0.25) is 0 Å². The first kappa shape index (κ1) is 21.9. The molecule has 0 radical (unpaired) electrons. The smallest absolute Gasteiger partial charge is 0.417 e. The summed E-state index contributed by atoms with van der Waals surface area (Å²) >= 11 is 0. The third-order valence-corrected chi connectivity index (χ3v) is 5.02. The van der Waals surface area contributed by atoms with Gasteiger partial charge in [0, 0.05) is 11.1 Å². The Kier molecular flexibility index (Phi) is 6.60. The molecule has 0 aromatic heterocycles. The fourth-order valence-electron chi connectivity index (χ4n) is 3.14. The Balaban J connectivity index is 1.62. The lowest BCUT2D eigenvalue weighted by Gasteiger charge is -2.26. The number of esters is 1. The number of rotatable bonds is 6. The fourth-order valence-corrected chi connectivity index (χ4v) is 3.14. The highest BCUT2D eigenvalue weighted by Crippen LogP contribution is 2.32. The van der Waals surface area contributed by atoms with E-state index in [2.05, 4.69) is 19.2 Å². The molecule has 1 amide bonds. The molecule has 0 atom stereocenters. The van der Waals surface area contributed by atoms with Gasteiger partial charge in [-0.15, -0.1) is 0 Å². The van der Waals surface area contributed by atoms with Crippen molar-refractivity contribution in [3.8, 4) is 11.5 Å². The number of phenols is 1. The van der Waals surface area contributed by atoms with Crippen LogP contribution in [0.25, 0.3) is 0 Å². The van der Waals surface area contributed by atoms with Crippen molar-refractivity contribution in [2.45, 2.75) is 26.2 Å². The molecule has 0 bridgehead atoms. The second kappa shape index (κ2) is 9.34. The molecular weight excluding hydrogens is 394 g/mol. The second-order valence-corrected chi connectivity index (χ2v) is 7.51. The van der Waals surface area contributed by atoms with Crippen LogP contribution in [0, 0.1) is 0 Å². The Morgan fingerprint density at radius 2 is 1.42 bits per heavy atom. The third kappa shape index (κ3) is 5.42. The van der Waals surface area contributed by atoms with Gasteiger partial charge in [-0.2, -0.15) is 0 Å². The van der Waals surface area contributed by atoms with Gasteiger partial charge in [-0.05, 0) is 66.6 Å². The summed E-state index contributed by atoms with van der Waals surface area (Å²) in [6.45, 7) is 6.22. The lowest BCUT2D eigenvalue weighted by atomic mass is 9.78. The van der Waals surface area contributed by atoms with Gasteiger partial charge in [-0.25, -0.2) is 9.59 Å². The van der Waals surface area contributed by atoms with E-state index < -0.39 is 12.1 Å². The normalized spacial score (nSPS) is 10.9. The third-order valence-electron chi connectivity index (χ3n) is 5.02. The Morgan fingerprint density at radius 1 is 0.871 bits per heavy atom. The molecule has 3 aromatic carbocycles. The zero-order chi connectivity index (χ0) is 22.4. The quantitative estimate of drug-likeness (QED) is 0.515. The second-order valence-electron chi connectivity index (χ2n) is 7.51. The highest BCUT2D eigenvalue weighted by Gasteiger charge is 2.23. The molecule has 0 aliphatic heterocycles. The molecular formula is C25H25NO5. The number of phenolic OH excluding ortho intramolecular Hbond substituents is 1. The van der Waals surface area contributed by atoms with Crippen LogP contribution < -0.4 is 10.1 Å². The van der Waals surface area contributed by atoms with E-state index in [0.717, 1.165) is 11.1 Å². The summed E-state index contributed by atoms with van der Waals surface area (Å²) in [5.74, 6) is 0.123. The number of amides is 1. The molecule has 0 saturated carbocycles. The lowest BCUT2D eigenvalue weighted by Crippen LogP contribution is -2.19. The van der Waals surface area contributed by atoms with Crippen LogP contribution in [0.15, 0.2) is 72.8 Å². The van der Waals surface area contributed by atoms with Gasteiger partial charge in [0.1, 0.15) is 11.5 Å². The van der Waals surface area contributed by atoms with E-state index in [4.69, 9.17) is 9.47 Å². The highest BCUT2D eigenvalue weighted by molar-refractivity contribution is 5.90. The van der Waals surface area contributed by atoms with E-state index in [1.807, 2.05) is 36.4 Å². The number of ether oxygens (including phenoxy) is 2. The zero-order valence-electron chi connectivity index (χ0n) is 17.7. The van der Waals surface area contributed by atoms with Crippen LogP contribution >= 0.6 is 0 Å². The van der Waals surface area contributed by atoms with Crippen molar-refractivity contribution >= 4 is 17.7 Å². The summed E-state index contributed by atoms with van der Waals surface area (Å²) in [5.41, 5.74) is 2.84. The largest absolute Gasteiger partial charge is 0.508 e. The number of hydrogen-bond acceptors (Lipinski definition) is 5. The van der Waals surface area contributed by atoms with Crippen molar-refractivity contribution in [3.63, 3.8) is 0 Å². The molecule has 2 N–H and O–H groups in total. The number of carbonyl (C=O) groups is 2. The molecule has 0 aliphatic carbocycles. The summed E-state index contributed by atoms with van der Waals surface area (Å²) < 4.78 is 10.2. The summed E-state index contributed by atoms with van der Waals surface area (Å²) in [6.07, 6.45) is -0.630. The molecule has 0 heterocycles. The number of aromatic hydroxyl groups is 1. The van der Waals surface area contributed by atoms with E-state index in [1.165, 1.54) is 12.1 Å². The van der Waals surface area contributed by atoms with E-state index in [9.17, 15) is 14.7 Å². The number of nitrogens with one attached hydrogen (secondary N) is 1. The number of benzene rings is 3. The van der Waals surface area contributed by atoms with Gasteiger partial charge in [0.2, 0.25) is 0 Å². The van der Waals surface area contributed by atoms with Crippen LogP contribution in [0.4, 0.5) is 10.5 Å². The van der Waals surface area contributed by atoms with Crippen LogP contribution in [-0.4, -0.2) is 23.8 Å². The van der Waals surface area contributed by atoms with Crippen LogP contribution in [0.1, 0.15) is 42.3 Å². The van der Waals surface area contributed by atoms with Crippen molar-refractivity contribution in [2.24, 2.45) is 0 Å². The van der Waals surface area contributed by atoms with E-state index in [0.29, 0.717) is 23.6 Å². The van der Waals surface area contributed by atoms with E-state index >= 15 is 0 Å². The Bertz CT molecular complexity index is 1040.